The zero-order chi connectivity index (χ0) is 20.4. The van der Waals surface area contributed by atoms with Crippen LogP contribution in [0.25, 0.3) is 16.9 Å². The molecule has 2 heterocycles. The average Bonchev–Trinajstić information content (AvgIpc) is 3.10. The van der Waals surface area contributed by atoms with Gasteiger partial charge >= 0.3 is 0 Å². The number of pyridine rings is 1. The maximum atomic E-state index is 12.5. The standard InChI is InChI=1S/C24H24N4O/c1-4-22-26-20-6-5-13-25-24(20)28(22)19-11-9-18(10-12-19)15-23(29)27-21-14-16(2)7-8-17(21)3/h5-14H,4,15H2,1-3H3,(H,27,29). The van der Waals surface area contributed by atoms with Gasteiger partial charge in [0.2, 0.25) is 5.91 Å². The maximum Gasteiger partial charge on any atom is 0.228 e. The van der Waals surface area contributed by atoms with E-state index in [1.165, 1.54) is 0 Å². The fourth-order valence-electron chi connectivity index (χ4n) is 3.48. The number of benzene rings is 2. The summed E-state index contributed by atoms with van der Waals surface area (Å²) < 4.78 is 2.08. The van der Waals surface area contributed by atoms with Crippen molar-refractivity contribution < 1.29 is 4.79 Å². The Morgan fingerprint density at radius 1 is 1.07 bits per heavy atom. The lowest BCUT2D eigenvalue weighted by molar-refractivity contribution is -0.115. The molecule has 0 fully saturated rings. The number of aromatic nitrogens is 3. The number of anilines is 1. The smallest absolute Gasteiger partial charge is 0.228 e. The number of nitrogens with one attached hydrogen (secondary N) is 1. The van der Waals surface area contributed by atoms with Crippen molar-refractivity contribution in [1.29, 1.82) is 0 Å². The molecule has 0 bridgehead atoms. The minimum absolute atomic E-state index is 0.0181. The summed E-state index contributed by atoms with van der Waals surface area (Å²) in [5.74, 6) is 0.953. The molecule has 0 aliphatic carbocycles. The third-order valence-corrected chi connectivity index (χ3v) is 5.03. The van der Waals surface area contributed by atoms with Gasteiger partial charge in [-0.25, -0.2) is 9.97 Å². The van der Waals surface area contributed by atoms with Crippen LogP contribution in [0.1, 0.15) is 29.4 Å². The van der Waals surface area contributed by atoms with E-state index < -0.39 is 0 Å². The number of imidazole rings is 1. The summed E-state index contributed by atoms with van der Waals surface area (Å²) in [5, 5.41) is 3.02. The lowest BCUT2D eigenvalue weighted by Crippen LogP contribution is -2.15. The molecule has 4 rings (SSSR count). The largest absolute Gasteiger partial charge is 0.326 e. The Labute approximate surface area is 170 Å². The highest BCUT2D eigenvalue weighted by Crippen LogP contribution is 2.21. The summed E-state index contributed by atoms with van der Waals surface area (Å²) in [4.78, 5) is 21.7. The number of hydrogen-bond acceptors (Lipinski definition) is 3. The zero-order valence-corrected chi connectivity index (χ0v) is 16.9. The first-order valence-corrected chi connectivity index (χ1v) is 9.84. The van der Waals surface area contributed by atoms with Crippen LogP contribution in [0.5, 0.6) is 0 Å². The lowest BCUT2D eigenvalue weighted by atomic mass is 10.1. The molecule has 146 valence electrons. The van der Waals surface area contributed by atoms with Crippen LogP contribution < -0.4 is 5.32 Å². The summed E-state index contributed by atoms with van der Waals surface area (Å²) in [6.45, 7) is 6.11. The fraction of sp³-hybridized carbons (Fsp3) is 0.208. The fourth-order valence-corrected chi connectivity index (χ4v) is 3.48. The third kappa shape index (κ3) is 3.90. The van der Waals surface area contributed by atoms with Gasteiger partial charge in [-0.2, -0.15) is 0 Å². The molecule has 2 aromatic heterocycles. The van der Waals surface area contributed by atoms with Crippen molar-refractivity contribution in [2.75, 3.05) is 5.32 Å². The van der Waals surface area contributed by atoms with Crippen molar-refractivity contribution in [2.45, 2.75) is 33.6 Å². The van der Waals surface area contributed by atoms with Crippen LogP contribution >= 0.6 is 0 Å². The second-order valence-corrected chi connectivity index (χ2v) is 7.27. The van der Waals surface area contributed by atoms with Crippen molar-refractivity contribution in [3.63, 3.8) is 0 Å². The molecular formula is C24H24N4O. The zero-order valence-electron chi connectivity index (χ0n) is 16.9. The van der Waals surface area contributed by atoms with Crippen molar-refractivity contribution in [2.24, 2.45) is 0 Å². The molecule has 0 aliphatic heterocycles. The van der Waals surface area contributed by atoms with Crippen LogP contribution in [-0.2, 0) is 17.6 Å². The molecule has 0 spiro atoms. The summed E-state index contributed by atoms with van der Waals surface area (Å²) in [6, 6.07) is 18.0. The SMILES string of the molecule is CCc1nc2cccnc2n1-c1ccc(CC(=O)Nc2cc(C)ccc2C)cc1. The molecular weight excluding hydrogens is 360 g/mol. The number of fused-ring (bicyclic) bond motifs is 1. The maximum absolute atomic E-state index is 12.5. The lowest BCUT2D eigenvalue weighted by Gasteiger charge is -2.11. The predicted molar refractivity (Wildman–Crippen MR) is 116 cm³/mol. The molecule has 0 aliphatic rings. The second-order valence-electron chi connectivity index (χ2n) is 7.27. The van der Waals surface area contributed by atoms with E-state index in [0.29, 0.717) is 6.42 Å². The predicted octanol–water partition coefficient (Wildman–Crippen LogP) is 4.78. The Morgan fingerprint density at radius 3 is 2.62 bits per heavy atom. The van der Waals surface area contributed by atoms with Crippen molar-refractivity contribution >= 4 is 22.8 Å². The number of nitrogens with zero attached hydrogens (tertiary/aromatic N) is 3. The first-order chi connectivity index (χ1) is 14.0. The monoisotopic (exact) mass is 384 g/mol. The molecule has 0 radical (unpaired) electrons. The van der Waals surface area contributed by atoms with Crippen LogP contribution in [0, 0.1) is 13.8 Å². The average molecular weight is 384 g/mol. The number of aryl methyl sites for hydroxylation is 3. The first kappa shape index (κ1) is 18.9. The van der Waals surface area contributed by atoms with Crippen LogP contribution in [0.4, 0.5) is 5.69 Å². The van der Waals surface area contributed by atoms with Gasteiger partial charge in [-0.1, -0.05) is 31.2 Å². The molecule has 29 heavy (non-hydrogen) atoms. The number of hydrogen-bond donors (Lipinski definition) is 1. The van der Waals surface area contributed by atoms with Crippen LogP contribution in [-0.4, -0.2) is 20.4 Å². The van der Waals surface area contributed by atoms with Gasteiger partial charge in [0.25, 0.3) is 0 Å². The van der Waals surface area contributed by atoms with Crippen LogP contribution in [0.3, 0.4) is 0 Å². The minimum atomic E-state index is -0.0181. The summed E-state index contributed by atoms with van der Waals surface area (Å²) in [7, 11) is 0. The molecule has 1 N–H and O–H groups in total. The highest BCUT2D eigenvalue weighted by molar-refractivity contribution is 5.93. The molecule has 0 saturated heterocycles. The Morgan fingerprint density at radius 2 is 1.86 bits per heavy atom. The second kappa shape index (κ2) is 7.87. The van der Waals surface area contributed by atoms with Crippen LogP contribution in [0.2, 0.25) is 0 Å². The van der Waals surface area contributed by atoms with Crippen molar-refractivity contribution in [1.82, 2.24) is 14.5 Å². The quantitative estimate of drug-likeness (QED) is 0.539. The molecule has 2 aromatic carbocycles. The number of carbonyl (C=O) groups excluding carboxylic acids is 1. The highest BCUT2D eigenvalue weighted by atomic mass is 16.1. The van der Waals surface area contributed by atoms with Gasteiger partial charge in [0.1, 0.15) is 11.3 Å². The Bertz CT molecular complexity index is 1180. The minimum Gasteiger partial charge on any atom is -0.326 e. The van der Waals surface area contributed by atoms with E-state index in [1.54, 1.807) is 6.20 Å². The van der Waals surface area contributed by atoms with Gasteiger partial charge in [-0.05, 0) is 60.9 Å². The van der Waals surface area contributed by atoms with E-state index in [1.807, 2.05) is 68.4 Å². The Kier molecular flexibility index (Phi) is 5.12. The van der Waals surface area contributed by atoms with Gasteiger partial charge in [0.15, 0.2) is 5.65 Å². The summed E-state index contributed by atoms with van der Waals surface area (Å²) >= 11 is 0. The molecule has 1 amide bonds. The van der Waals surface area contributed by atoms with E-state index in [-0.39, 0.29) is 5.91 Å². The number of carbonyl (C=O) groups is 1. The Balaban J connectivity index is 1.54. The highest BCUT2D eigenvalue weighted by Gasteiger charge is 2.12. The van der Waals surface area contributed by atoms with Gasteiger partial charge < -0.3 is 5.32 Å². The molecule has 0 atom stereocenters. The topological polar surface area (TPSA) is 59.8 Å². The molecule has 0 unspecified atom stereocenters. The van der Waals surface area contributed by atoms with E-state index in [2.05, 4.69) is 26.8 Å². The summed E-state index contributed by atoms with van der Waals surface area (Å²) in [6.07, 6.45) is 2.93. The molecule has 5 heteroatoms. The van der Waals surface area contributed by atoms with Crippen molar-refractivity contribution in [3.05, 3.63) is 83.3 Å². The Hall–Kier alpha value is -3.47. The summed E-state index contributed by atoms with van der Waals surface area (Å²) in [5.41, 5.74) is 6.77. The van der Waals surface area contributed by atoms with Gasteiger partial charge in [0, 0.05) is 24.0 Å². The molecule has 5 nitrogen and oxygen atoms in total. The normalized spacial score (nSPS) is 11.0. The van der Waals surface area contributed by atoms with E-state index in [9.17, 15) is 4.79 Å². The molecule has 4 aromatic rings. The first-order valence-electron chi connectivity index (χ1n) is 9.84. The van der Waals surface area contributed by atoms with Gasteiger partial charge in [0.05, 0.1) is 6.42 Å². The van der Waals surface area contributed by atoms with E-state index >= 15 is 0 Å². The third-order valence-electron chi connectivity index (χ3n) is 5.03. The van der Waals surface area contributed by atoms with Gasteiger partial charge in [-0.3, -0.25) is 9.36 Å². The number of rotatable bonds is 5. The van der Waals surface area contributed by atoms with E-state index in [0.717, 1.165) is 51.5 Å². The van der Waals surface area contributed by atoms with E-state index in [4.69, 9.17) is 0 Å². The molecule has 0 saturated carbocycles. The van der Waals surface area contributed by atoms with Crippen molar-refractivity contribution in [3.8, 4) is 5.69 Å². The number of amides is 1. The van der Waals surface area contributed by atoms with Gasteiger partial charge in [-0.15, -0.1) is 0 Å². The van der Waals surface area contributed by atoms with Crippen LogP contribution in [0.15, 0.2) is 60.8 Å².